The summed E-state index contributed by atoms with van der Waals surface area (Å²) in [4.78, 5) is 17.0. The van der Waals surface area contributed by atoms with Crippen molar-refractivity contribution in [2.45, 2.75) is 6.54 Å². The van der Waals surface area contributed by atoms with Gasteiger partial charge in [-0.05, 0) is 35.2 Å². The number of pyridine rings is 1. The van der Waals surface area contributed by atoms with Crippen molar-refractivity contribution in [3.63, 3.8) is 0 Å². The molecule has 128 valence electrons. The number of nitrogens with zero attached hydrogens (tertiary/aromatic N) is 1. The van der Waals surface area contributed by atoms with Crippen molar-refractivity contribution in [1.82, 2.24) is 10.3 Å². The van der Waals surface area contributed by atoms with Crippen LogP contribution >= 0.6 is 11.3 Å². The molecule has 0 spiro atoms. The second kappa shape index (κ2) is 7.81. The van der Waals surface area contributed by atoms with Crippen molar-refractivity contribution in [3.8, 4) is 22.8 Å². The van der Waals surface area contributed by atoms with Crippen molar-refractivity contribution < 1.29 is 14.3 Å². The molecule has 1 amide bonds. The van der Waals surface area contributed by atoms with E-state index in [-0.39, 0.29) is 5.91 Å². The fourth-order valence-electron chi connectivity index (χ4n) is 2.50. The highest BCUT2D eigenvalue weighted by atomic mass is 32.1. The van der Waals surface area contributed by atoms with E-state index < -0.39 is 0 Å². The molecule has 1 N–H and O–H groups in total. The van der Waals surface area contributed by atoms with Gasteiger partial charge in [-0.25, -0.2) is 0 Å². The Kier molecular flexibility index (Phi) is 5.30. The second-order valence-corrected chi connectivity index (χ2v) is 6.05. The Morgan fingerprint density at radius 1 is 1.20 bits per heavy atom. The van der Waals surface area contributed by atoms with Crippen LogP contribution in [-0.4, -0.2) is 25.1 Å². The highest BCUT2D eigenvalue weighted by Gasteiger charge is 2.14. The lowest BCUT2D eigenvalue weighted by Gasteiger charge is -2.12. The lowest BCUT2D eigenvalue weighted by molar-refractivity contribution is 0.0948. The first kappa shape index (κ1) is 17.0. The van der Waals surface area contributed by atoms with Gasteiger partial charge in [0.05, 0.1) is 25.5 Å². The number of benzene rings is 1. The fourth-order valence-corrected chi connectivity index (χ4v) is 3.14. The molecular weight excluding hydrogens is 336 g/mol. The van der Waals surface area contributed by atoms with Crippen LogP contribution in [0.4, 0.5) is 0 Å². The number of nitrogens with one attached hydrogen (secondary N) is 1. The molecule has 0 bridgehead atoms. The fraction of sp³-hybridized carbons (Fsp3) is 0.158. The summed E-state index contributed by atoms with van der Waals surface area (Å²) in [5.74, 6) is 0.904. The van der Waals surface area contributed by atoms with E-state index in [1.807, 2.05) is 29.0 Å². The van der Waals surface area contributed by atoms with E-state index in [0.717, 1.165) is 16.8 Å². The quantitative estimate of drug-likeness (QED) is 0.732. The molecule has 0 saturated carbocycles. The van der Waals surface area contributed by atoms with E-state index >= 15 is 0 Å². The third kappa shape index (κ3) is 3.80. The van der Waals surface area contributed by atoms with Crippen molar-refractivity contribution in [3.05, 3.63) is 64.5 Å². The van der Waals surface area contributed by atoms with Gasteiger partial charge in [-0.2, -0.15) is 11.3 Å². The number of rotatable bonds is 6. The van der Waals surface area contributed by atoms with Gasteiger partial charge in [-0.3, -0.25) is 9.78 Å². The van der Waals surface area contributed by atoms with Gasteiger partial charge in [0.15, 0.2) is 0 Å². The first-order chi connectivity index (χ1) is 12.2. The van der Waals surface area contributed by atoms with Gasteiger partial charge >= 0.3 is 0 Å². The number of ether oxygens (including phenoxy) is 2. The SMILES string of the molecule is COc1ccc(C(=O)NCc2cccnc2-c2ccsc2)c(OC)c1. The van der Waals surface area contributed by atoms with Gasteiger partial charge in [-0.1, -0.05) is 6.07 Å². The Bertz CT molecular complexity index is 863. The van der Waals surface area contributed by atoms with Crippen LogP contribution in [0.15, 0.2) is 53.4 Å². The number of hydrogen-bond donors (Lipinski definition) is 1. The lowest BCUT2D eigenvalue weighted by atomic mass is 10.1. The molecule has 2 heterocycles. The zero-order chi connectivity index (χ0) is 17.6. The van der Waals surface area contributed by atoms with Gasteiger partial charge in [-0.15, -0.1) is 0 Å². The van der Waals surface area contributed by atoms with Crippen molar-refractivity contribution in [2.75, 3.05) is 14.2 Å². The number of aromatic nitrogens is 1. The Balaban J connectivity index is 1.78. The predicted molar refractivity (Wildman–Crippen MR) is 98.3 cm³/mol. The van der Waals surface area contributed by atoms with Crippen LogP contribution in [-0.2, 0) is 6.54 Å². The van der Waals surface area contributed by atoms with E-state index in [9.17, 15) is 4.79 Å². The molecule has 0 aliphatic carbocycles. The molecule has 0 saturated heterocycles. The Morgan fingerprint density at radius 2 is 2.08 bits per heavy atom. The van der Waals surface area contributed by atoms with Crippen LogP contribution in [0.5, 0.6) is 11.5 Å². The first-order valence-corrected chi connectivity index (χ1v) is 8.64. The molecule has 0 atom stereocenters. The molecular formula is C19H18N2O3S. The summed E-state index contributed by atoms with van der Waals surface area (Å²) >= 11 is 1.62. The summed E-state index contributed by atoms with van der Waals surface area (Å²) in [6.45, 7) is 0.382. The normalized spacial score (nSPS) is 10.3. The molecule has 0 radical (unpaired) electrons. The molecule has 3 rings (SSSR count). The molecule has 25 heavy (non-hydrogen) atoms. The Labute approximate surface area is 150 Å². The molecule has 0 aliphatic rings. The predicted octanol–water partition coefficient (Wildman–Crippen LogP) is 3.76. The van der Waals surface area contributed by atoms with Gasteiger partial charge in [0, 0.05) is 29.8 Å². The summed E-state index contributed by atoms with van der Waals surface area (Å²) in [6, 6.07) is 11.0. The molecule has 1 aromatic carbocycles. The maximum atomic E-state index is 12.5. The zero-order valence-corrected chi connectivity index (χ0v) is 14.8. The average molecular weight is 354 g/mol. The summed E-state index contributed by atoms with van der Waals surface area (Å²) < 4.78 is 10.5. The van der Waals surface area contributed by atoms with Gasteiger partial charge < -0.3 is 14.8 Å². The maximum absolute atomic E-state index is 12.5. The van der Waals surface area contributed by atoms with Crippen LogP contribution in [0.3, 0.4) is 0 Å². The monoisotopic (exact) mass is 354 g/mol. The number of carbonyl (C=O) groups excluding carboxylic acids is 1. The van der Waals surface area contributed by atoms with E-state index in [1.165, 1.54) is 7.11 Å². The smallest absolute Gasteiger partial charge is 0.255 e. The highest BCUT2D eigenvalue weighted by molar-refractivity contribution is 7.08. The van der Waals surface area contributed by atoms with Crippen LogP contribution in [0.25, 0.3) is 11.3 Å². The number of hydrogen-bond acceptors (Lipinski definition) is 5. The minimum absolute atomic E-state index is 0.209. The third-order valence-electron chi connectivity index (χ3n) is 3.78. The van der Waals surface area contributed by atoms with Gasteiger partial charge in [0.25, 0.3) is 5.91 Å². The van der Waals surface area contributed by atoms with Crippen LogP contribution in [0, 0.1) is 0 Å². The molecule has 0 fully saturated rings. The Morgan fingerprint density at radius 3 is 2.80 bits per heavy atom. The van der Waals surface area contributed by atoms with Gasteiger partial charge in [0.2, 0.25) is 0 Å². The van der Waals surface area contributed by atoms with E-state index in [1.54, 1.807) is 42.8 Å². The van der Waals surface area contributed by atoms with Crippen molar-refractivity contribution in [1.29, 1.82) is 0 Å². The molecule has 0 unspecified atom stereocenters. The van der Waals surface area contributed by atoms with Crippen LogP contribution < -0.4 is 14.8 Å². The zero-order valence-electron chi connectivity index (χ0n) is 14.0. The number of amides is 1. The molecule has 3 aromatic rings. The van der Waals surface area contributed by atoms with Crippen molar-refractivity contribution >= 4 is 17.2 Å². The first-order valence-electron chi connectivity index (χ1n) is 7.69. The number of thiophene rings is 1. The standard InChI is InChI=1S/C19H18N2O3S/c1-23-15-5-6-16(17(10-15)24-2)19(22)21-11-13-4-3-8-20-18(13)14-7-9-25-12-14/h3-10,12H,11H2,1-2H3,(H,21,22). The summed E-state index contributed by atoms with van der Waals surface area (Å²) in [7, 11) is 3.10. The van der Waals surface area contributed by atoms with Crippen LogP contribution in [0.1, 0.15) is 15.9 Å². The summed E-state index contributed by atoms with van der Waals surface area (Å²) in [6.07, 6.45) is 1.75. The van der Waals surface area contributed by atoms with Gasteiger partial charge in [0.1, 0.15) is 11.5 Å². The topological polar surface area (TPSA) is 60.5 Å². The molecule has 6 heteroatoms. The molecule has 5 nitrogen and oxygen atoms in total. The maximum Gasteiger partial charge on any atom is 0.255 e. The average Bonchev–Trinajstić information content (AvgIpc) is 3.20. The second-order valence-electron chi connectivity index (χ2n) is 5.27. The largest absolute Gasteiger partial charge is 0.497 e. The lowest BCUT2D eigenvalue weighted by Crippen LogP contribution is -2.23. The Hall–Kier alpha value is -2.86. The van der Waals surface area contributed by atoms with E-state index in [0.29, 0.717) is 23.6 Å². The third-order valence-corrected chi connectivity index (χ3v) is 4.46. The van der Waals surface area contributed by atoms with E-state index in [2.05, 4.69) is 10.3 Å². The van der Waals surface area contributed by atoms with E-state index in [4.69, 9.17) is 9.47 Å². The number of carbonyl (C=O) groups is 1. The summed E-state index contributed by atoms with van der Waals surface area (Å²) in [5, 5.41) is 6.98. The number of methoxy groups -OCH3 is 2. The molecule has 0 aliphatic heterocycles. The van der Waals surface area contributed by atoms with Crippen LogP contribution in [0.2, 0.25) is 0 Å². The highest BCUT2D eigenvalue weighted by Crippen LogP contribution is 2.26. The minimum atomic E-state index is -0.209. The van der Waals surface area contributed by atoms with Crippen molar-refractivity contribution in [2.24, 2.45) is 0 Å². The minimum Gasteiger partial charge on any atom is -0.497 e. The molecule has 2 aromatic heterocycles. The summed E-state index contributed by atoms with van der Waals surface area (Å²) in [5.41, 5.74) is 3.36.